The highest BCUT2D eigenvalue weighted by Crippen LogP contribution is 2.19. The second kappa shape index (κ2) is 7.17. The third-order valence-electron chi connectivity index (χ3n) is 2.43. The summed E-state index contributed by atoms with van der Waals surface area (Å²) in [5.74, 6) is 0.0889. The van der Waals surface area contributed by atoms with E-state index < -0.39 is 0 Å². The van der Waals surface area contributed by atoms with Gasteiger partial charge in [-0.05, 0) is 37.1 Å². The van der Waals surface area contributed by atoms with E-state index in [-0.39, 0.29) is 5.91 Å². The summed E-state index contributed by atoms with van der Waals surface area (Å²) in [7, 11) is 0. The molecule has 0 aliphatic heterocycles. The average molecular weight is 255 g/mol. The van der Waals surface area contributed by atoms with Crippen LogP contribution >= 0.6 is 11.6 Å². The monoisotopic (exact) mass is 254 g/mol. The van der Waals surface area contributed by atoms with Gasteiger partial charge in [-0.3, -0.25) is 4.79 Å². The zero-order chi connectivity index (χ0) is 12.7. The number of halogens is 1. The van der Waals surface area contributed by atoms with Crippen molar-refractivity contribution in [2.75, 3.05) is 18.4 Å². The fourth-order valence-corrected chi connectivity index (χ4v) is 1.72. The first kappa shape index (κ1) is 13.8. The first-order valence-corrected chi connectivity index (χ1v) is 6.28. The van der Waals surface area contributed by atoms with Gasteiger partial charge in [-0.2, -0.15) is 0 Å². The molecule has 0 aromatic heterocycles. The van der Waals surface area contributed by atoms with Crippen molar-refractivity contribution in [1.82, 2.24) is 5.32 Å². The summed E-state index contributed by atoms with van der Waals surface area (Å²) in [6.45, 7) is 5.41. The second-order valence-electron chi connectivity index (χ2n) is 3.99. The van der Waals surface area contributed by atoms with Crippen molar-refractivity contribution in [2.24, 2.45) is 0 Å². The van der Waals surface area contributed by atoms with Crippen LogP contribution in [0.3, 0.4) is 0 Å². The van der Waals surface area contributed by atoms with E-state index in [0.29, 0.717) is 13.0 Å². The zero-order valence-corrected chi connectivity index (χ0v) is 11.1. The Labute approximate surface area is 108 Å². The summed E-state index contributed by atoms with van der Waals surface area (Å²) < 4.78 is 0. The molecule has 4 heteroatoms. The van der Waals surface area contributed by atoms with Gasteiger partial charge in [0.15, 0.2) is 0 Å². The lowest BCUT2D eigenvalue weighted by Crippen LogP contribution is -2.25. The van der Waals surface area contributed by atoms with Gasteiger partial charge in [0.05, 0.1) is 0 Å². The number of carbonyl (C=O) groups excluding carboxylic acids is 1. The molecular weight excluding hydrogens is 236 g/mol. The molecule has 1 aromatic carbocycles. The minimum Gasteiger partial charge on any atom is -0.384 e. The summed E-state index contributed by atoms with van der Waals surface area (Å²) in [6.07, 6.45) is 1.46. The van der Waals surface area contributed by atoms with Crippen molar-refractivity contribution in [1.29, 1.82) is 0 Å². The average Bonchev–Trinajstić information content (AvgIpc) is 2.29. The van der Waals surface area contributed by atoms with Gasteiger partial charge >= 0.3 is 0 Å². The number of aryl methyl sites for hydroxylation is 1. The van der Waals surface area contributed by atoms with Gasteiger partial charge in [-0.25, -0.2) is 0 Å². The number of amides is 1. The van der Waals surface area contributed by atoms with E-state index in [4.69, 9.17) is 11.6 Å². The zero-order valence-electron chi connectivity index (χ0n) is 10.3. The van der Waals surface area contributed by atoms with Gasteiger partial charge in [-0.1, -0.05) is 18.5 Å². The van der Waals surface area contributed by atoms with Crippen LogP contribution in [-0.4, -0.2) is 19.0 Å². The number of nitrogens with one attached hydrogen (secondary N) is 2. The van der Waals surface area contributed by atoms with Gasteiger partial charge in [0.1, 0.15) is 0 Å². The van der Waals surface area contributed by atoms with Crippen LogP contribution < -0.4 is 10.6 Å². The molecular formula is C13H19ClN2O. The van der Waals surface area contributed by atoms with E-state index in [1.807, 2.05) is 32.0 Å². The van der Waals surface area contributed by atoms with Crippen LogP contribution in [0.2, 0.25) is 5.02 Å². The second-order valence-corrected chi connectivity index (χ2v) is 4.42. The molecule has 1 aromatic rings. The highest BCUT2D eigenvalue weighted by molar-refractivity contribution is 6.30. The molecule has 0 atom stereocenters. The van der Waals surface area contributed by atoms with E-state index in [1.54, 1.807) is 0 Å². The molecule has 0 saturated heterocycles. The lowest BCUT2D eigenvalue weighted by molar-refractivity contribution is -0.120. The minimum absolute atomic E-state index is 0.0889. The molecule has 1 amide bonds. The molecule has 0 bridgehead atoms. The molecule has 3 nitrogen and oxygen atoms in total. The number of hydrogen-bond donors (Lipinski definition) is 2. The van der Waals surface area contributed by atoms with Crippen LogP contribution in [0.15, 0.2) is 18.2 Å². The quantitative estimate of drug-likeness (QED) is 0.820. The molecule has 94 valence electrons. The molecule has 0 aliphatic carbocycles. The Balaban J connectivity index is 2.33. The summed E-state index contributed by atoms with van der Waals surface area (Å²) in [5.41, 5.74) is 2.11. The number of carbonyl (C=O) groups is 1. The lowest BCUT2D eigenvalue weighted by atomic mass is 10.2. The molecule has 0 fully saturated rings. The Morgan fingerprint density at radius 2 is 2.12 bits per heavy atom. The van der Waals surface area contributed by atoms with Gasteiger partial charge in [0, 0.05) is 30.2 Å². The van der Waals surface area contributed by atoms with E-state index in [2.05, 4.69) is 10.6 Å². The van der Waals surface area contributed by atoms with Crippen LogP contribution in [0, 0.1) is 6.92 Å². The fraction of sp³-hybridized carbons (Fsp3) is 0.462. The first-order chi connectivity index (χ1) is 8.13. The molecule has 2 N–H and O–H groups in total. The molecule has 0 saturated carbocycles. The van der Waals surface area contributed by atoms with Crippen molar-refractivity contribution in [3.63, 3.8) is 0 Å². The van der Waals surface area contributed by atoms with E-state index >= 15 is 0 Å². The maximum atomic E-state index is 11.4. The predicted molar refractivity (Wildman–Crippen MR) is 72.6 cm³/mol. The van der Waals surface area contributed by atoms with Crippen molar-refractivity contribution in [3.05, 3.63) is 28.8 Å². The predicted octanol–water partition coefficient (Wildman–Crippen LogP) is 2.98. The van der Waals surface area contributed by atoms with Crippen LogP contribution in [0.1, 0.15) is 25.3 Å². The maximum absolute atomic E-state index is 11.4. The van der Waals surface area contributed by atoms with Crippen molar-refractivity contribution < 1.29 is 4.79 Å². The molecule has 0 aliphatic rings. The minimum atomic E-state index is 0.0889. The molecule has 17 heavy (non-hydrogen) atoms. The molecule has 1 rings (SSSR count). The topological polar surface area (TPSA) is 41.1 Å². The SMILES string of the molecule is CCCNC(=O)CCNc1ccc(Cl)cc1C. The van der Waals surface area contributed by atoms with Crippen molar-refractivity contribution >= 4 is 23.2 Å². The molecule has 0 unspecified atom stereocenters. The summed E-state index contributed by atoms with van der Waals surface area (Å²) >= 11 is 5.87. The van der Waals surface area contributed by atoms with Crippen LogP contribution in [0.5, 0.6) is 0 Å². The Hall–Kier alpha value is -1.22. The van der Waals surface area contributed by atoms with Gasteiger partial charge in [0.2, 0.25) is 5.91 Å². The standard InChI is InChI=1S/C13H19ClN2O/c1-3-7-16-13(17)6-8-15-12-5-4-11(14)9-10(12)2/h4-5,9,15H,3,6-8H2,1-2H3,(H,16,17). The van der Waals surface area contributed by atoms with E-state index in [0.717, 1.165) is 29.2 Å². The Bertz CT molecular complexity index is 380. The van der Waals surface area contributed by atoms with Crippen LogP contribution in [0.25, 0.3) is 0 Å². The Morgan fingerprint density at radius 1 is 1.35 bits per heavy atom. The highest BCUT2D eigenvalue weighted by Gasteiger charge is 2.01. The first-order valence-electron chi connectivity index (χ1n) is 5.90. The third-order valence-corrected chi connectivity index (χ3v) is 2.66. The normalized spacial score (nSPS) is 10.1. The largest absolute Gasteiger partial charge is 0.384 e. The van der Waals surface area contributed by atoms with E-state index in [9.17, 15) is 4.79 Å². The number of benzene rings is 1. The fourth-order valence-electron chi connectivity index (χ4n) is 1.49. The van der Waals surface area contributed by atoms with Crippen molar-refractivity contribution in [3.8, 4) is 0 Å². The van der Waals surface area contributed by atoms with E-state index in [1.165, 1.54) is 0 Å². The van der Waals surface area contributed by atoms with Gasteiger partial charge in [0.25, 0.3) is 0 Å². The van der Waals surface area contributed by atoms with Crippen LogP contribution in [-0.2, 0) is 4.79 Å². The lowest BCUT2D eigenvalue weighted by Gasteiger charge is -2.09. The smallest absolute Gasteiger partial charge is 0.221 e. The Kier molecular flexibility index (Phi) is 5.84. The van der Waals surface area contributed by atoms with Crippen LogP contribution in [0.4, 0.5) is 5.69 Å². The molecule has 0 heterocycles. The maximum Gasteiger partial charge on any atom is 0.221 e. The summed E-state index contributed by atoms with van der Waals surface area (Å²) in [5, 5.41) is 6.80. The van der Waals surface area contributed by atoms with Gasteiger partial charge in [-0.15, -0.1) is 0 Å². The number of anilines is 1. The number of rotatable bonds is 6. The Morgan fingerprint density at radius 3 is 2.76 bits per heavy atom. The third kappa shape index (κ3) is 5.09. The highest BCUT2D eigenvalue weighted by atomic mass is 35.5. The molecule has 0 spiro atoms. The summed E-state index contributed by atoms with van der Waals surface area (Å²) in [4.78, 5) is 11.4. The van der Waals surface area contributed by atoms with Gasteiger partial charge < -0.3 is 10.6 Å². The number of hydrogen-bond acceptors (Lipinski definition) is 2. The summed E-state index contributed by atoms with van der Waals surface area (Å²) in [6, 6.07) is 5.68. The van der Waals surface area contributed by atoms with Crippen molar-refractivity contribution in [2.45, 2.75) is 26.7 Å². The molecule has 0 radical (unpaired) electrons.